The first kappa shape index (κ1) is 18.0. The van der Waals surface area contributed by atoms with Crippen molar-refractivity contribution in [2.45, 2.75) is 19.4 Å². The molecule has 3 rings (SSSR count). The Kier molecular flexibility index (Phi) is 5.76. The van der Waals surface area contributed by atoms with Gasteiger partial charge < -0.3 is 4.90 Å². The Morgan fingerprint density at radius 3 is 2.68 bits per heavy atom. The summed E-state index contributed by atoms with van der Waals surface area (Å²) in [5.41, 5.74) is 1.84. The maximum atomic E-state index is 12.4. The van der Waals surface area contributed by atoms with Crippen LogP contribution in [0.3, 0.4) is 0 Å². The van der Waals surface area contributed by atoms with Gasteiger partial charge in [-0.05, 0) is 43.5 Å². The molecule has 1 fully saturated rings. The standard InChI is InChI=1S/C19H25ClN4O/c1-22(19(25)17-11-21-23(2)13-17)12-15-7-9-24(10-8-15)14-16-5-3-4-6-18(16)20/h3-6,11,13,15H,7-10,12,14H2,1-2H3. The van der Waals surface area contributed by atoms with E-state index >= 15 is 0 Å². The van der Waals surface area contributed by atoms with E-state index in [9.17, 15) is 4.79 Å². The molecule has 1 aromatic heterocycles. The Morgan fingerprint density at radius 2 is 2.04 bits per heavy atom. The molecule has 0 atom stereocenters. The molecule has 1 aromatic carbocycles. The molecule has 1 saturated heterocycles. The predicted molar refractivity (Wildman–Crippen MR) is 99.6 cm³/mol. The average molecular weight is 361 g/mol. The van der Waals surface area contributed by atoms with Gasteiger partial charge in [-0.3, -0.25) is 14.4 Å². The lowest BCUT2D eigenvalue weighted by molar-refractivity contribution is 0.0737. The van der Waals surface area contributed by atoms with E-state index in [2.05, 4.69) is 16.1 Å². The lowest BCUT2D eigenvalue weighted by Gasteiger charge is -2.34. The van der Waals surface area contributed by atoms with Crippen LogP contribution in [0.25, 0.3) is 0 Å². The van der Waals surface area contributed by atoms with E-state index in [1.807, 2.05) is 37.2 Å². The van der Waals surface area contributed by atoms with Crippen molar-refractivity contribution in [1.82, 2.24) is 19.6 Å². The zero-order valence-electron chi connectivity index (χ0n) is 14.9. The lowest BCUT2D eigenvalue weighted by Crippen LogP contribution is -2.39. The molecule has 6 heteroatoms. The number of hydrogen-bond acceptors (Lipinski definition) is 3. The summed E-state index contributed by atoms with van der Waals surface area (Å²) in [7, 11) is 3.71. The van der Waals surface area contributed by atoms with E-state index in [1.165, 1.54) is 5.56 Å². The number of aryl methyl sites for hydroxylation is 1. The quantitative estimate of drug-likeness (QED) is 0.822. The molecule has 1 amide bonds. The molecule has 0 N–H and O–H groups in total. The van der Waals surface area contributed by atoms with Crippen molar-refractivity contribution < 1.29 is 4.79 Å². The predicted octanol–water partition coefficient (Wildman–Crippen LogP) is 3.06. The van der Waals surface area contributed by atoms with Crippen molar-refractivity contribution in [3.05, 3.63) is 52.8 Å². The Labute approximate surface area is 154 Å². The number of halogens is 1. The highest BCUT2D eigenvalue weighted by molar-refractivity contribution is 6.31. The van der Waals surface area contributed by atoms with Crippen LogP contribution in [0.5, 0.6) is 0 Å². The number of aromatic nitrogens is 2. The summed E-state index contributed by atoms with van der Waals surface area (Å²) in [4.78, 5) is 16.7. The monoisotopic (exact) mass is 360 g/mol. The second kappa shape index (κ2) is 8.02. The summed E-state index contributed by atoms with van der Waals surface area (Å²) in [6.45, 7) is 3.79. The van der Waals surface area contributed by atoms with Crippen LogP contribution in [0.1, 0.15) is 28.8 Å². The molecule has 0 spiro atoms. The van der Waals surface area contributed by atoms with Crippen molar-refractivity contribution in [3.63, 3.8) is 0 Å². The van der Waals surface area contributed by atoms with Crippen LogP contribution in [-0.4, -0.2) is 52.2 Å². The fraction of sp³-hybridized carbons (Fsp3) is 0.474. The molecule has 0 unspecified atom stereocenters. The fourth-order valence-electron chi connectivity index (χ4n) is 3.42. The van der Waals surface area contributed by atoms with Crippen LogP contribution in [0.15, 0.2) is 36.7 Å². The van der Waals surface area contributed by atoms with Gasteiger partial charge in [-0.25, -0.2) is 0 Å². The Hall–Kier alpha value is -1.85. The van der Waals surface area contributed by atoms with E-state index < -0.39 is 0 Å². The van der Waals surface area contributed by atoms with Gasteiger partial charge in [0, 0.05) is 38.4 Å². The highest BCUT2D eigenvalue weighted by atomic mass is 35.5. The van der Waals surface area contributed by atoms with E-state index in [-0.39, 0.29) is 5.91 Å². The number of carbonyl (C=O) groups excluding carboxylic acids is 1. The van der Waals surface area contributed by atoms with E-state index in [0.29, 0.717) is 11.5 Å². The molecule has 0 radical (unpaired) electrons. The fourth-order valence-corrected chi connectivity index (χ4v) is 3.61. The SMILES string of the molecule is CN(CC1CCN(Cc2ccccc2Cl)CC1)C(=O)c1cnn(C)c1. The van der Waals surface area contributed by atoms with Crippen molar-refractivity contribution in [2.24, 2.45) is 13.0 Å². The van der Waals surface area contributed by atoms with Gasteiger partial charge in [-0.15, -0.1) is 0 Å². The minimum absolute atomic E-state index is 0.0478. The van der Waals surface area contributed by atoms with Gasteiger partial charge in [0.15, 0.2) is 0 Å². The lowest BCUT2D eigenvalue weighted by atomic mass is 9.95. The number of carbonyl (C=O) groups is 1. The highest BCUT2D eigenvalue weighted by Gasteiger charge is 2.23. The summed E-state index contributed by atoms with van der Waals surface area (Å²) < 4.78 is 1.66. The number of hydrogen-bond donors (Lipinski definition) is 0. The topological polar surface area (TPSA) is 41.4 Å². The minimum atomic E-state index is 0.0478. The normalized spacial score (nSPS) is 16.1. The number of likely N-dealkylation sites (tertiary alicyclic amines) is 1. The molecule has 5 nitrogen and oxygen atoms in total. The summed E-state index contributed by atoms with van der Waals surface area (Å²) in [5, 5.41) is 4.91. The highest BCUT2D eigenvalue weighted by Crippen LogP contribution is 2.23. The second-order valence-electron chi connectivity index (χ2n) is 6.90. The molecule has 0 saturated carbocycles. The van der Waals surface area contributed by atoms with Crippen LogP contribution < -0.4 is 0 Å². The summed E-state index contributed by atoms with van der Waals surface area (Å²) in [6, 6.07) is 8.04. The van der Waals surface area contributed by atoms with E-state index in [1.54, 1.807) is 17.1 Å². The molecule has 0 aliphatic carbocycles. The molecule has 2 heterocycles. The van der Waals surface area contributed by atoms with Crippen LogP contribution >= 0.6 is 11.6 Å². The largest absolute Gasteiger partial charge is 0.341 e. The van der Waals surface area contributed by atoms with Crippen molar-refractivity contribution in [3.8, 4) is 0 Å². The van der Waals surface area contributed by atoms with Crippen LogP contribution in [0, 0.1) is 5.92 Å². The Morgan fingerprint density at radius 1 is 1.32 bits per heavy atom. The van der Waals surface area contributed by atoms with Gasteiger partial charge in [0.25, 0.3) is 5.91 Å². The summed E-state index contributed by atoms with van der Waals surface area (Å²) >= 11 is 6.26. The maximum absolute atomic E-state index is 12.4. The molecule has 134 valence electrons. The van der Waals surface area contributed by atoms with Gasteiger partial charge >= 0.3 is 0 Å². The first-order chi connectivity index (χ1) is 12.0. The number of nitrogens with zero attached hydrogens (tertiary/aromatic N) is 4. The zero-order chi connectivity index (χ0) is 17.8. The average Bonchev–Trinajstić information content (AvgIpc) is 3.04. The van der Waals surface area contributed by atoms with Crippen LogP contribution in [0.4, 0.5) is 0 Å². The molecule has 1 aliphatic heterocycles. The van der Waals surface area contributed by atoms with Gasteiger partial charge in [0.2, 0.25) is 0 Å². The molecule has 0 bridgehead atoms. The Bertz CT molecular complexity index is 722. The number of rotatable bonds is 5. The zero-order valence-corrected chi connectivity index (χ0v) is 15.6. The van der Waals surface area contributed by atoms with Gasteiger partial charge in [-0.1, -0.05) is 29.8 Å². The van der Waals surface area contributed by atoms with Gasteiger partial charge in [0.05, 0.1) is 11.8 Å². The van der Waals surface area contributed by atoms with Crippen LogP contribution in [-0.2, 0) is 13.6 Å². The van der Waals surface area contributed by atoms with E-state index in [4.69, 9.17) is 11.6 Å². The van der Waals surface area contributed by atoms with Gasteiger partial charge in [-0.2, -0.15) is 5.10 Å². The number of benzene rings is 1. The molecule has 2 aromatic rings. The number of amides is 1. The van der Waals surface area contributed by atoms with Crippen LogP contribution in [0.2, 0.25) is 5.02 Å². The third-order valence-corrected chi connectivity index (χ3v) is 5.26. The smallest absolute Gasteiger partial charge is 0.256 e. The molecule has 25 heavy (non-hydrogen) atoms. The second-order valence-corrected chi connectivity index (χ2v) is 7.31. The summed E-state index contributed by atoms with van der Waals surface area (Å²) in [6.07, 6.45) is 5.61. The minimum Gasteiger partial charge on any atom is -0.341 e. The third-order valence-electron chi connectivity index (χ3n) is 4.89. The van der Waals surface area contributed by atoms with Gasteiger partial charge in [0.1, 0.15) is 0 Å². The number of piperidine rings is 1. The molecular weight excluding hydrogens is 336 g/mol. The molecular formula is C19H25ClN4O. The molecule has 1 aliphatic rings. The third kappa shape index (κ3) is 4.61. The summed E-state index contributed by atoms with van der Waals surface area (Å²) in [5.74, 6) is 0.597. The van der Waals surface area contributed by atoms with Crippen molar-refractivity contribution in [2.75, 3.05) is 26.7 Å². The van der Waals surface area contributed by atoms with E-state index in [0.717, 1.165) is 44.0 Å². The van der Waals surface area contributed by atoms with Crippen molar-refractivity contribution >= 4 is 17.5 Å². The maximum Gasteiger partial charge on any atom is 0.256 e. The first-order valence-corrected chi connectivity index (χ1v) is 9.10. The first-order valence-electron chi connectivity index (χ1n) is 8.73. The Balaban J connectivity index is 1.47. The van der Waals surface area contributed by atoms with Crippen molar-refractivity contribution in [1.29, 1.82) is 0 Å².